The molecule has 3 aliphatic heterocycles. The second-order valence-corrected chi connectivity index (χ2v) is 10.0. The molecule has 0 unspecified atom stereocenters. The maximum atomic E-state index is 13.9. The topological polar surface area (TPSA) is 105 Å². The molecule has 7 atom stereocenters. The number of ether oxygens (including phenoxy) is 2. The zero-order valence-electron chi connectivity index (χ0n) is 19.5. The maximum Gasteiger partial charge on any atom is 0.312 e. The predicted molar refractivity (Wildman–Crippen MR) is 116 cm³/mol. The van der Waals surface area contributed by atoms with Crippen molar-refractivity contribution in [2.24, 2.45) is 17.8 Å². The lowest BCUT2D eigenvalue weighted by atomic mass is 9.70. The quantitative estimate of drug-likeness (QED) is 0.546. The summed E-state index contributed by atoms with van der Waals surface area (Å²) in [6.07, 6.45) is 6.77. The fraction of sp³-hybridized carbons (Fsp3) is 0.875. The molecule has 3 heterocycles. The summed E-state index contributed by atoms with van der Waals surface area (Å²) in [7, 11) is 0. The highest BCUT2D eigenvalue weighted by Gasteiger charge is 2.75. The molecule has 180 valence electrons. The summed E-state index contributed by atoms with van der Waals surface area (Å²) in [6, 6.07) is -1.24. The second kappa shape index (κ2) is 9.29. The Morgan fingerprint density at radius 3 is 2.59 bits per heavy atom. The summed E-state index contributed by atoms with van der Waals surface area (Å²) in [4.78, 5) is 42.0. The van der Waals surface area contributed by atoms with Crippen LogP contribution in [-0.4, -0.2) is 70.8 Å². The number of fused-ring (bicyclic) bond motifs is 1. The number of aliphatic hydroxyl groups is 1. The average molecular weight is 451 g/mol. The van der Waals surface area contributed by atoms with E-state index in [2.05, 4.69) is 5.32 Å². The van der Waals surface area contributed by atoms with Gasteiger partial charge in [-0.1, -0.05) is 39.5 Å². The van der Waals surface area contributed by atoms with Crippen molar-refractivity contribution >= 4 is 17.8 Å². The Morgan fingerprint density at radius 2 is 1.97 bits per heavy atom. The van der Waals surface area contributed by atoms with Crippen LogP contribution in [0.4, 0.5) is 0 Å². The number of hydrogen-bond donors (Lipinski definition) is 2. The van der Waals surface area contributed by atoms with Crippen molar-refractivity contribution in [3.63, 3.8) is 0 Å². The molecule has 1 aliphatic carbocycles. The highest BCUT2D eigenvalue weighted by Crippen LogP contribution is 2.59. The molecule has 0 aromatic heterocycles. The van der Waals surface area contributed by atoms with Gasteiger partial charge in [-0.25, -0.2) is 0 Å². The SMILES string of the molecule is CCOC(=O)[C@@H]1[C@H]2C(=O)N([C@@H](CO)[C@@H](C)CC)[C@H](C(=O)NC3CCCCC3)[C@]23CC[C@H]1O3. The minimum absolute atomic E-state index is 0.00222. The molecule has 32 heavy (non-hydrogen) atoms. The highest BCUT2D eigenvalue weighted by atomic mass is 16.6. The molecule has 1 spiro atoms. The largest absolute Gasteiger partial charge is 0.466 e. The molecule has 1 saturated carbocycles. The first-order valence-electron chi connectivity index (χ1n) is 12.5. The number of amides is 2. The zero-order chi connectivity index (χ0) is 23.0. The average Bonchev–Trinajstić information content (AvgIpc) is 3.43. The third-order valence-electron chi connectivity index (χ3n) is 8.34. The van der Waals surface area contributed by atoms with Gasteiger partial charge in [-0.15, -0.1) is 0 Å². The second-order valence-electron chi connectivity index (χ2n) is 10.0. The number of nitrogens with zero attached hydrogens (tertiary/aromatic N) is 1. The van der Waals surface area contributed by atoms with Crippen LogP contribution in [0.3, 0.4) is 0 Å². The molecule has 0 aromatic rings. The van der Waals surface area contributed by atoms with Crippen molar-refractivity contribution in [1.29, 1.82) is 0 Å². The Bertz CT molecular complexity index is 738. The summed E-state index contributed by atoms with van der Waals surface area (Å²) < 4.78 is 11.7. The molecule has 2 amide bonds. The molecule has 2 N–H and O–H groups in total. The summed E-state index contributed by atoms with van der Waals surface area (Å²) in [5, 5.41) is 13.5. The molecule has 2 bridgehead atoms. The van der Waals surface area contributed by atoms with E-state index in [4.69, 9.17) is 9.47 Å². The van der Waals surface area contributed by atoms with Gasteiger partial charge in [-0.2, -0.15) is 0 Å². The van der Waals surface area contributed by atoms with E-state index in [1.54, 1.807) is 11.8 Å². The van der Waals surface area contributed by atoms with Gasteiger partial charge in [-0.3, -0.25) is 14.4 Å². The Morgan fingerprint density at radius 1 is 1.25 bits per heavy atom. The molecule has 4 fully saturated rings. The molecule has 3 saturated heterocycles. The minimum atomic E-state index is -1.03. The van der Waals surface area contributed by atoms with Crippen molar-refractivity contribution in [3.8, 4) is 0 Å². The number of esters is 1. The fourth-order valence-electron chi connectivity index (χ4n) is 6.60. The first kappa shape index (κ1) is 23.5. The number of hydrogen-bond acceptors (Lipinski definition) is 6. The van der Waals surface area contributed by atoms with Gasteiger partial charge in [0.15, 0.2) is 0 Å². The lowest BCUT2D eigenvalue weighted by Crippen LogP contribution is -2.60. The van der Waals surface area contributed by atoms with E-state index in [9.17, 15) is 19.5 Å². The van der Waals surface area contributed by atoms with Gasteiger partial charge in [0.05, 0.1) is 37.2 Å². The zero-order valence-corrected chi connectivity index (χ0v) is 19.5. The number of likely N-dealkylation sites (tertiary alicyclic amines) is 1. The highest BCUT2D eigenvalue weighted by molar-refractivity contribution is 5.98. The van der Waals surface area contributed by atoms with Gasteiger partial charge in [0.2, 0.25) is 11.8 Å². The van der Waals surface area contributed by atoms with Gasteiger partial charge < -0.3 is 24.8 Å². The summed E-state index contributed by atoms with van der Waals surface area (Å²) in [6.45, 7) is 5.74. The number of carbonyl (C=O) groups excluding carboxylic acids is 3. The Labute approximate surface area is 190 Å². The van der Waals surface area contributed by atoms with Gasteiger partial charge >= 0.3 is 5.97 Å². The van der Waals surface area contributed by atoms with Crippen molar-refractivity contribution in [2.45, 2.75) is 102 Å². The summed E-state index contributed by atoms with van der Waals surface area (Å²) in [5.41, 5.74) is -1.03. The van der Waals surface area contributed by atoms with E-state index in [-0.39, 0.29) is 37.0 Å². The van der Waals surface area contributed by atoms with E-state index in [0.29, 0.717) is 12.8 Å². The lowest BCUT2D eigenvalue weighted by molar-refractivity contribution is -0.156. The van der Waals surface area contributed by atoms with Crippen LogP contribution in [0.15, 0.2) is 0 Å². The first-order chi connectivity index (χ1) is 15.4. The lowest BCUT2D eigenvalue weighted by Gasteiger charge is -2.39. The molecule has 4 rings (SSSR count). The predicted octanol–water partition coefficient (Wildman–Crippen LogP) is 1.78. The Balaban J connectivity index is 1.70. The van der Waals surface area contributed by atoms with E-state index >= 15 is 0 Å². The van der Waals surface area contributed by atoms with Crippen molar-refractivity contribution < 1.29 is 29.0 Å². The standard InChI is InChI=1S/C24H38N2O6/c1-4-14(3)16(13-27)26-20(21(28)25-15-9-7-6-8-10-15)24-12-11-17(32-24)18(19(24)22(26)29)23(30)31-5-2/h14-20,27H,4-13H2,1-3H3,(H,25,28)/t14-,16-,17+,18-,19-,20+,24-/m0/s1. The number of rotatable bonds is 8. The van der Waals surface area contributed by atoms with Gasteiger partial charge in [0, 0.05) is 6.04 Å². The summed E-state index contributed by atoms with van der Waals surface area (Å²) >= 11 is 0. The first-order valence-corrected chi connectivity index (χ1v) is 12.5. The number of carbonyl (C=O) groups is 3. The number of nitrogens with one attached hydrogen (secondary N) is 1. The Kier molecular flexibility index (Phi) is 6.82. The Hall–Kier alpha value is -1.67. The third kappa shape index (κ3) is 3.63. The van der Waals surface area contributed by atoms with Gasteiger partial charge in [0.1, 0.15) is 11.6 Å². The molecular formula is C24H38N2O6. The van der Waals surface area contributed by atoms with Crippen LogP contribution in [0.5, 0.6) is 0 Å². The van der Waals surface area contributed by atoms with E-state index < -0.39 is 41.6 Å². The van der Waals surface area contributed by atoms with Gasteiger partial charge in [0.25, 0.3) is 0 Å². The molecule has 4 aliphatic rings. The molecule has 8 heteroatoms. The van der Waals surface area contributed by atoms with Crippen molar-refractivity contribution in [2.75, 3.05) is 13.2 Å². The van der Waals surface area contributed by atoms with Crippen LogP contribution < -0.4 is 5.32 Å². The van der Waals surface area contributed by atoms with Crippen molar-refractivity contribution in [3.05, 3.63) is 0 Å². The van der Waals surface area contributed by atoms with E-state index in [1.165, 1.54) is 6.42 Å². The molecule has 8 nitrogen and oxygen atoms in total. The smallest absolute Gasteiger partial charge is 0.312 e. The van der Waals surface area contributed by atoms with Gasteiger partial charge in [-0.05, 0) is 38.5 Å². The maximum absolute atomic E-state index is 13.9. The van der Waals surface area contributed by atoms with Crippen LogP contribution in [0, 0.1) is 17.8 Å². The van der Waals surface area contributed by atoms with Crippen molar-refractivity contribution in [1.82, 2.24) is 10.2 Å². The van der Waals surface area contributed by atoms with E-state index in [1.807, 2.05) is 13.8 Å². The van der Waals surface area contributed by atoms with Crippen LogP contribution in [0.25, 0.3) is 0 Å². The monoisotopic (exact) mass is 450 g/mol. The van der Waals surface area contributed by atoms with Crippen LogP contribution in [0.1, 0.15) is 72.1 Å². The van der Waals surface area contributed by atoms with Crippen LogP contribution in [0.2, 0.25) is 0 Å². The molecule has 0 aromatic carbocycles. The fourth-order valence-corrected chi connectivity index (χ4v) is 6.60. The number of aliphatic hydroxyl groups excluding tert-OH is 1. The summed E-state index contributed by atoms with van der Waals surface area (Å²) in [5.74, 6) is -2.31. The molecule has 0 radical (unpaired) electrons. The minimum Gasteiger partial charge on any atom is -0.466 e. The van der Waals surface area contributed by atoms with Crippen LogP contribution in [-0.2, 0) is 23.9 Å². The van der Waals surface area contributed by atoms with E-state index in [0.717, 1.165) is 32.1 Å². The normalized spacial score (nSPS) is 36.1. The third-order valence-corrected chi connectivity index (χ3v) is 8.34. The van der Waals surface area contributed by atoms with Crippen LogP contribution >= 0.6 is 0 Å². The molecular weight excluding hydrogens is 412 g/mol.